The summed E-state index contributed by atoms with van der Waals surface area (Å²) < 4.78 is 5.52. The predicted molar refractivity (Wildman–Crippen MR) is 66.7 cm³/mol. The molecule has 0 radical (unpaired) electrons. The fourth-order valence-corrected chi connectivity index (χ4v) is 2.09. The third-order valence-electron chi connectivity index (χ3n) is 3.13. The van der Waals surface area contributed by atoms with E-state index < -0.39 is 0 Å². The summed E-state index contributed by atoms with van der Waals surface area (Å²) in [5.41, 5.74) is 3.61. The van der Waals surface area contributed by atoms with Crippen LogP contribution in [0.5, 0.6) is 0 Å². The van der Waals surface area contributed by atoms with Crippen LogP contribution in [0, 0.1) is 0 Å². The quantitative estimate of drug-likeness (QED) is 0.533. The van der Waals surface area contributed by atoms with Crippen LogP contribution in [0.25, 0.3) is 0 Å². The molecule has 17 heavy (non-hydrogen) atoms. The molecule has 0 amide bonds. The molecule has 0 aliphatic carbocycles. The van der Waals surface area contributed by atoms with Gasteiger partial charge >= 0.3 is 0 Å². The minimum absolute atomic E-state index is 0.212. The molecule has 1 fully saturated rings. The number of ether oxygens (including phenoxy) is 1. The molecule has 0 saturated carbocycles. The highest BCUT2D eigenvalue weighted by Crippen LogP contribution is 2.23. The number of hydrazine groups is 1. The first-order valence-corrected chi connectivity index (χ1v) is 5.94. The molecule has 94 valence electrons. The van der Waals surface area contributed by atoms with Gasteiger partial charge in [-0.25, -0.2) is 15.8 Å². The van der Waals surface area contributed by atoms with Crippen LogP contribution < -0.4 is 16.6 Å². The summed E-state index contributed by atoms with van der Waals surface area (Å²) in [4.78, 5) is 8.39. The number of nitrogens with one attached hydrogen (secondary N) is 2. The summed E-state index contributed by atoms with van der Waals surface area (Å²) >= 11 is 0. The van der Waals surface area contributed by atoms with Crippen molar-refractivity contribution in [2.45, 2.75) is 38.8 Å². The summed E-state index contributed by atoms with van der Waals surface area (Å²) in [5.74, 6) is 6.96. The molecule has 1 aliphatic rings. The third-order valence-corrected chi connectivity index (χ3v) is 3.13. The number of hydrogen-bond acceptors (Lipinski definition) is 6. The lowest BCUT2D eigenvalue weighted by Gasteiger charge is -2.19. The van der Waals surface area contributed by atoms with E-state index in [4.69, 9.17) is 10.6 Å². The fraction of sp³-hybridized carbons (Fsp3) is 0.636. The molecule has 2 rings (SSSR count). The van der Waals surface area contributed by atoms with Crippen molar-refractivity contribution in [3.63, 3.8) is 0 Å². The summed E-state index contributed by atoms with van der Waals surface area (Å²) in [6, 6.07) is 0.306. The van der Waals surface area contributed by atoms with Crippen molar-refractivity contribution in [1.29, 1.82) is 0 Å². The van der Waals surface area contributed by atoms with E-state index in [1.807, 2.05) is 0 Å². The highest BCUT2D eigenvalue weighted by molar-refractivity contribution is 5.57. The molecule has 2 atom stereocenters. The van der Waals surface area contributed by atoms with Gasteiger partial charge in [0.25, 0.3) is 0 Å². The Hall–Kier alpha value is -1.40. The molecule has 6 nitrogen and oxygen atoms in total. The van der Waals surface area contributed by atoms with Crippen LogP contribution in [0.15, 0.2) is 6.33 Å². The van der Waals surface area contributed by atoms with Gasteiger partial charge in [0.2, 0.25) is 0 Å². The monoisotopic (exact) mass is 237 g/mol. The molecule has 2 unspecified atom stereocenters. The van der Waals surface area contributed by atoms with Crippen LogP contribution in [0.2, 0.25) is 0 Å². The molecule has 1 aromatic heterocycles. The van der Waals surface area contributed by atoms with Crippen LogP contribution >= 0.6 is 0 Å². The maximum atomic E-state index is 5.52. The topological polar surface area (TPSA) is 85.1 Å². The van der Waals surface area contributed by atoms with E-state index in [0.29, 0.717) is 11.9 Å². The zero-order valence-corrected chi connectivity index (χ0v) is 10.2. The van der Waals surface area contributed by atoms with Crippen LogP contribution in [-0.2, 0) is 11.2 Å². The molecule has 0 spiro atoms. The lowest BCUT2D eigenvalue weighted by Crippen LogP contribution is -2.28. The number of anilines is 2. The first-order chi connectivity index (χ1) is 8.26. The van der Waals surface area contributed by atoms with Crippen molar-refractivity contribution in [3.8, 4) is 0 Å². The van der Waals surface area contributed by atoms with E-state index in [1.165, 1.54) is 6.33 Å². The maximum absolute atomic E-state index is 5.52. The number of nitrogens with zero attached hydrogens (tertiary/aromatic N) is 2. The average molecular weight is 237 g/mol. The fourth-order valence-electron chi connectivity index (χ4n) is 2.09. The molecule has 6 heteroatoms. The predicted octanol–water partition coefficient (Wildman–Crippen LogP) is 0.914. The van der Waals surface area contributed by atoms with E-state index in [2.05, 4.69) is 34.6 Å². The smallest absolute Gasteiger partial charge is 0.148 e. The lowest BCUT2D eigenvalue weighted by atomic mass is 10.1. The zero-order chi connectivity index (χ0) is 12.3. The van der Waals surface area contributed by atoms with Gasteiger partial charge in [0.1, 0.15) is 18.0 Å². The van der Waals surface area contributed by atoms with E-state index >= 15 is 0 Å². The van der Waals surface area contributed by atoms with Crippen molar-refractivity contribution in [2.75, 3.05) is 17.3 Å². The number of nitrogen functional groups attached to an aromatic ring is 1. The van der Waals surface area contributed by atoms with Crippen LogP contribution in [0.4, 0.5) is 11.6 Å². The maximum Gasteiger partial charge on any atom is 0.148 e. The van der Waals surface area contributed by atoms with Crippen molar-refractivity contribution < 1.29 is 4.74 Å². The number of nitrogens with two attached hydrogens (primary N) is 1. The van der Waals surface area contributed by atoms with Gasteiger partial charge in [0, 0.05) is 12.2 Å². The van der Waals surface area contributed by atoms with Gasteiger partial charge in [0.15, 0.2) is 0 Å². The van der Waals surface area contributed by atoms with Gasteiger partial charge in [-0.05, 0) is 19.8 Å². The van der Waals surface area contributed by atoms with E-state index in [-0.39, 0.29) is 6.10 Å². The van der Waals surface area contributed by atoms with Crippen LogP contribution in [0.3, 0.4) is 0 Å². The largest absolute Gasteiger partial charge is 0.376 e. The van der Waals surface area contributed by atoms with Crippen LogP contribution in [-0.4, -0.2) is 28.7 Å². The van der Waals surface area contributed by atoms with Crippen molar-refractivity contribution in [3.05, 3.63) is 11.9 Å². The summed E-state index contributed by atoms with van der Waals surface area (Å²) in [6.07, 6.45) is 3.55. The van der Waals surface area contributed by atoms with Gasteiger partial charge in [-0.2, -0.15) is 0 Å². The normalized spacial score (nSPS) is 23.7. The Morgan fingerprint density at radius 3 is 2.82 bits per heavy atom. The van der Waals surface area contributed by atoms with Gasteiger partial charge < -0.3 is 15.5 Å². The Morgan fingerprint density at radius 1 is 1.47 bits per heavy atom. The number of aromatic nitrogens is 2. The Balaban J connectivity index is 2.19. The molecule has 2 heterocycles. The highest BCUT2D eigenvalue weighted by Gasteiger charge is 2.25. The minimum atomic E-state index is 0.212. The number of hydrogen-bond donors (Lipinski definition) is 3. The van der Waals surface area contributed by atoms with Crippen molar-refractivity contribution >= 4 is 11.6 Å². The molecular formula is C11H19N5O. The number of rotatable bonds is 4. The molecule has 0 bridgehead atoms. The third kappa shape index (κ3) is 2.48. The van der Waals surface area contributed by atoms with Gasteiger partial charge in [-0.3, -0.25) is 0 Å². The van der Waals surface area contributed by atoms with Gasteiger partial charge in [-0.1, -0.05) is 6.92 Å². The van der Waals surface area contributed by atoms with Gasteiger partial charge in [0.05, 0.1) is 12.1 Å². The second-order valence-corrected chi connectivity index (χ2v) is 4.16. The SMILES string of the molecule is CCc1c(NN)ncnc1NC1CCOC1C. The lowest BCUT2D eigenvalue weighted by molar-refractivity contribution is 0.121. The van der Waals surface area contributed by atoms with E-state index in [0.717, 1.165) is 30.8 Å². The Labute approximate surface area is 101 Å². The standard InChI is InChI=1S/C11H19N5O/c1-3-8-10(13-6-14-11(8)16-12)15-9-4-5-17-7(9)2/h6-7,9H,3-5,12H2,1-2H3,(H2,13,14,15,16). The minimum Gasteiger partial charge on any atom is -0.376 e. The molecule has 0 aromatic carbocycles. The van der Waals surface area contributed by atoms with Crippen molar-refractivity contribution in [1.82, 2.24) is 9.97 Å². The molecule has 1 saturated heterocycles. The first kappa shape index (κ1) is 12.1. The Morgan fingerprint density at radius 2 is 2.24 bits per heavy atom. The Kier molecular flexibility index (Phi) is 3.75. The van der Waals surface area contributed by atoms with Crippen molar-refractivity contribution in [2.24, 2.45) is 5.84 Å². The van der Waals surface area contributed by atoms with Gasteiger partial charge in [-0.15, -0.1) is 0 Å². The molecule has 4 N–H and O–H groups in total. The zero-order valence-electron chi connectivity index (χ0n) is 10.2. The Bertz CT molecular complexity index is 384. The highest BCUT2D eigenvalue weighted by atomic mass is 16.5. The second-order valence-electron chi connectivity index (χ2n) is 4.16. The van der Waals surface area contributed by atoms with E-state index in [1.54, 1.807) is 0 Å². The van der Waals surface area contributed by atoms with E-state index in [9.17, 15) is 0 Å². The summed E-state index contributed by atoms with van der Waals surface area (Å²) in [6.45, 7) is 4.92. The second kappa shape index (κ2) is 5.29. The molecule has 1 aromatic rings. The molecular weight excluding hydrogens is 218 g/mol. The summed E-state index contributed by atoms with van der Waals surface area (Å²) in [7, 11) is 0. The molecule has 1 aliphatic heterocycles. The first-order valence-electron chi connectivity index (χ1n) is 5.94. The van der Waals surface area contributed by atoms with Crippen LogP contribution in [0.1, 0.15) is 25.8 Å². The summed E-state index contributed by atoms with van der Waals surface area (Å²) in [5, 5.41) is 3.41. The average Bonchev–Trinajstić information content (AvgIpc) is 2.74.